The fourth-order valence-corrected chi connectivity index (χ4v) is 3.32. The molecular formula is C21H34N4O5. The largest absolute Gasteiger partial charge is 0.444 e. The number of nitrogens with zero attached hydrogens (tertiary/aromatic N) is 3. The van der Waals surface area contributed by atoms with Gasteiger partial charge in [-0.2, -0.15) is 0 Å². The summed E-state index contributed by atoms with van der Waals surface area (Å²) in [7, 11) is 3.40. The van der Waals surface area contributed by atoms with Crippen molar-refractivity contribution in [3.05, 3.63) is 28.3 Å². The van der Waals surface area contributed by atoms with E-state index in [0.29, 0.717) is 31.4 Å². The van der Waals surface area contributed by atoms with Crippen LogP contribution < -0.4 is 10.2 Å². The first kappa shape index (κ1) is 23.7. The topological polar surface area (TPSA) is 97.2 Å². The van der Waals surface area contributed by atoms with E-state index in [4.69, 9.17) is 9.47 Å². The minimum atomic E-state index is -0.502. The zero-order valence-corrected chi connectivity index (χ0v) is 18.6. The molecule has 9 heteroatoms. The molecule has 30 heavy (non-hydrogen) atoms. The number of hydrogen-bond donors (Lipinski definition) is 1. The highest BCUT2D eigenvalue weighted by atomic mass is 16.6. The second-order valence-corrected chi connectivity index (χ2v) is 8.62. The molecule has 0 aromatic heterocycles. The number of piperidine rings is 1. The molecule has 168 valence electrons. The molecule has 0 saturated carbocycles. The number of nitrogens with one attached hydrogen (secondary N) is 1. The van der Waals surface area contributed by atoms with Gasteiger partial charge < -0.3 is 24.6 Å². The van der Waals surface area contributed by atoms with Crippen molar-refractivity contribution in [3.63, 3.8) is 0 Å². The van der Waals surface area contributed by atoms with E-state index < -0.39 is 5.60 Å². The van der Waals surface area contributed by atoms with Gasteiger partial charge in [-0.25, -0.2) is 4.79 Å². The third-order valence-electron chi connectivity index (χ3n) is 5.06. The molecule has 0 spiro atoms. The number of ether oxygens (including phenoxy) is 2. The highest BCUT2D eigenvalue weighted by Gasteiger charge is 2.22. The minimum absolute atomic E-state index is 0.0842. The molecule has 0 radical (unpaired) electrons. The fourth-order valence-electron chi connectivity index (χ4n) is 3.32. The van der Waals surface area contributed by atoms with Gasteiger partial charge in [-0.3, -0.25) is 10.1 Å². The second kappa shape index (κ2) is 10.5. The fraction of sp³-hybridized carbons (Fsp3) is 0.667. The quantitative estimate of drug-likeness (QED) is 0.387. The lowest BCUT2D eigenvalue weighted by Crippen LogP contribution is -2.37. The lowest BCUT2D eigenvalue weighted by molar-refractivity contribution is -0.383. The number of amides is 1. The van der Waals surface area contributed by atoms with E-state index in [0.717, 1.165) is 31.6 Å². The molecule has 0 bridgehead atoms. The number of likely N-dealkylation sites (N-methyl/N-ethyl adjacent to an activating group) is 1. The van der Waals surface area contributed by atoms with Crippen LogP contribution in [0.15, 0.2) is 18.2 Å². The molecule has 1 aromatic rings. The molecule has 9 nitrogen and oxygen atoms in total. The Bertz CT molecular complexity index is 727. The molecule has 0 aliphatic carbocycles. The van der Waals surface area contributed by atoms with Crippen LogP contribution in [0.3, 0.4) is 0 Å². The maximum absolute atomic E-state index is 11.9. The van der Waals surface area contributed by atoms with Crippen LogP contribution in [-0.4, -0.2) is 68.5 Å². The summed E-state index contributed by atoms with van der Waals surface area (Å²) in [4.78, 5) is 26.4. The van der Waals surface area contributed by atoms with Crippen LogP contribution in [0.2, 0.25) is 0 Å². The van der Waals surface area contributed by atoms with Crippen molar-refractivity contribution in [1.29, 1.82) is 0 Å². The van der Waals surface area contributed by atoms with Gasteiger partial charge in [0.15, 0.2) is 0 Å². The summed E-state index contributed by atoms with van der Waals surface area (Å²) < 4.78 is 11.1. The molecule has 1 amide bonds. The molecule has 2 rings (SSSR count). The molecule has 1 heterocycles. The summed E-state index contributed by atoms with van der Waals surface area (Å²) in [6.07, 6.45) is 1.64. The first-order chi connectivity index (χ1) is 14.1. The van der Waals surface area contributed by atoms with Gasteiger partial charge in [0.05, 0.1) is 11.5 Å². The van der Waals surface area contributed by atoms with Crippen molar-refractivity contribution in [2.24, 2.45) is 5.92 Å². The standard InChI is InChI=1S/C21H34N4O5/c1-21(2,3)30-20(26)23(5)12-13-29-15-16-8-10-24(11-9-16)17-6-7-19(25(27)28)18(14-17)22-4/h6-7,14,16,22H,8-13,15H2,1-5H3. The maximum Gasteiger partial charge on any atom is 0.410 e. The van der Waals surface area contributed by atoms with E-state index in [9.17, 15) is 14.9 Å². The Morgan fingerprint density at radius 3 is 2.57 bits per heavy atom. The summed E-state index contributed by atoms with van der Waals surface area (Å²) in [5, 5.41) is 14.0. The van der Waals surface area contributed by atoms with Gasteiger partial charge in [0.2, 0.25) is 0 Å². The first-order valence-corrected chi connectivity index (χ1v) is 10.3. The number of anilines is 2. The maximum atomic E-state index is 11.9. The van der Waals surface area contributed by atoms with E-state index in [1.165, 1.54) is 4.90 Å². The van der Waals surface area contributed by atoms with Crippen molar-refractivity contribution >= 4 is 23.2 Å². The van der Waals surface area contributed by atoms with Crippen molar-refractivity contribution < 1.29 is 19.2 Å². The SMILES string of the molecule is CNc1cc(N2CCC(COCCN(C)C(=O)OC(C)(C)C)CC2)ccc1[N+](=O)[O-]. The third kappa shape index (κ3) is 7.05. The van der Waals surface area contributed by atoms with Gasteiger partial charge in [0.1, 0.15) is 11.3 Å². The molecule has 0 unspecified atom stereocenters. The highest BCUT2D eigenvalue weighted by Crippen LogP contribution is 2.31. The molecule has 0 atom stereocenters. The number of nitro benzene ring substituents is 1. The van der Waals surface area contributed by atoms with Crippen molar-refractivity contribution in [2.45, 2.75) is 39.2 Å². The van der Waals surface area contributed by atoms with Gasteiger partial charge >= 0.3 is 6.09 Å². The van der Waals surface area contributed by atoms with Crippen LogP contribution in [0.5, 0.6) is 0 Å². The highest BCUT2D eigenvalue weighted by molar-refractivity contribution is 5.69. The van der Waals surface area contributed by atoms with Crippen LogP contribution in [0.4, 0.5) is 21.9 Å². The Hall–Kier alpha value is -2.55. The summed E-state index contributed by atoms with van der Waals surface area (Å²) >= 11 is 0. The minimum Gasteiger partial charge on any atom is -0.444 e. The Labute approximate surface area is 178 Å². The zero-order valence-electron chi connectivity index (χ0n) is 18.6. The number of hydrogen-bond acceptors (Lipinski definition) is 7. The third-order valence-corrected chi connectivity index (χ3v) is 5.06. The summed E-state index contributed by atoms with van der Waals surface area (Å²) in [6.45, 7) is 8.93. The van der Waals surface area contributed by atoms with Crippen molar-refractivity contribution in [2.75, 3.05) is 57.2 Å². The smallest absolute Gasteiger partial charge is 0.410 e. The van der Waals surface area contributed by atoms with Crippen LogP contribution in [-0.2, 0) is 9.47 Å². The van der Waals surface area contributed by atoms with Gasteiger partial charge in [-0.15, -0.1) is 0 Å². The summed E-state index contributed by atoms with van der Waals surface area (Å²) in [5.41, 5.74) is 1.10. The van der Waals surface area contributed by atoms with E-state index in [1.807, 2.05) is 32.9 Å². The van der Waals surface area contributed by atoms with E-state index >= 15 is 0 Å². The molecule has 1 fully saturated rings. The lowest BCUT2D eigenvalue weighted by Gasteiger charge is -2.33. The predicted octanol–water partition coefficient (Wildman–Crippen LogP) is 3.74. The zero-order chi connectivity index (χ0) is 22.3. The Kier molecular flexibility index (Phi) is 8.28. The normalized spacial score (nSPS) is 15.0. The van der Waals surface area contributed by atoms with Crippen LogP contribution >= 0.6 is 0 Å². The monoisotopic (exact) mass is 422 g/mol. The van der Waals surface area contributed by atoms with Gasteiger partial charge in [0.25, 0.3) is 5.69 Å². The number of rotatable bonds is 8. The Morgan fingerprint density at radius 1 is 1.33 bits per heavy atom. The van der Waals surface area contributed by atoms with Crippen molar-refractivity contribution in [3.8, 4) is 0 Å². The Balaban J connectivity index is 1.72. The number of carbonyl (C=O) groups is 1. The molecule has 1 aliphatic rings. The number of carbonyl (C=O) groups excluding carboxylic acids is 1. The summed E-state index contributed by atoms with van der Waals surface area (Å²) in [6, 6.07) is 5.20. The van der Waals surface area contributed by atoms with Gasteiger partial charge in [-0.05, 0) is 51.7 Å². The van der Waals surface area contributed by atoms with Crippen molar-refractivity contribution in [1.82, 2.24) is 4.90 Å². The van der Waals surface area contributed by atoms with E-state index in [-0.39, 0.29) is 16.7 Å². The summed E-state index contributed by atoms with van der Waals surface area (Å²) in [5.74, 6) is 0.468. The second-order valence-electron chi connectivity index (χ2n) is 8.62. The van der Waals surface area contributed by atoms with Crippen LogP contribution in [0.25, 0.3) is 0 Å². The van der Waals surface area contributed by atoms with Crippen LogP contribution in [0, 0.1) is 16.0 Å². The lowest BCUT2D eigenvalue weighted by atomic mass is 9.97. The number of benzene rings is 1. The molecule has 1 saturated heterocycles. The van der Waals surface area contributed by atoms with E-state index in [2.05, 4.69) is 10.2 Å². The Morgan fingerprint density at radius 2 is 2.00 bits per heavy atom. The molecule has 1 aromatic carbocycles. The predicted molar refractivity (Wildman–Crippen MR) is 117 cm³/mol. The average molecular weight is 423 g/mol. The molecule has 1 aliphatic heterocycles. The first-order valence-electron chi connectivity index (χ1n) is 10.3. The van der Waals surface area contributed by atoms with Gasteiger partial charge in [-0.1, -0.05) is 0 Å². The van der Waals surface area contributed by atoms with Gasteiger partial charge in [0, 0.05) is 52.1 Å². The van der Waals surface area contributed by atoms with E-state index in [1.54, 1.807) is 20.2 Å². The molecule has 1 N–H and O–H groups in total. The number of nitro groups is 1. The van der Waals surface area contributed by atoms with Crippen LogP contribution in [0.1, 0.15) is 33.6 Å². The average Bonchev–Trinajstić information content (AvgIpc) is 2.69. The molecular weight excluding hydrogens is 388 g/mol.